The molecule has 1 amide bonds. The van der Waals surface area contributed by atoms with Gasteiger partial charge in [-0.3, -0.25) is 4.79 Å². The predicted molar refractivity (Wildman–Crippen MR) is 120 cm³/mol. The average molecular weight is 441 g/mol. The van der Waals surface area contributed by atoms with Gasteiger partial charge in [-0.1, -0.05) is 48.5 Å². The summed E-state index contributed by atoms with van der Waals surface area (Å²) < 4.78 is 41.3. The molecule has 3 aromatic rings. The standard InChI is InChI=1S/C24H25FN2O3S/c1-17-8-12-21(25)16-23(17)26-24(28)15-11-19-9-13-22(14-10-19)31(29,30)27-18(2)20-6-4-3-5-7-20/h3-10,12-14,16,18,27H,11,15H2,1-2H3,(H,26,28). The number of amides is 1. The number of carbonyl (C=O) groups is 1. The molecule has 0 bridgehead atoms. The fraction of sp³-hybridized carbons (Fsp3) is 0.208. The van der Waals surface area contributed by atoms with E-state index in [1.165, 1.54) is 24.3 Å². The van der Waals surface area contributed by atoms with Crippen molar-refractivity contribution in [1.82, 2.24) is 4.72 Å². The van der Waals surface area contributed by atoms with Gasteiger partial charge in [0.05, 0.1) is 4.90 Å². The smallest absolute Gasteiger partial charge is 0.241 e. The van der Waals surface area contributed by atoms with Crippen molar-refractivity contribution in [3.63, 3.8) is 0 Å². The van der Waals surface area contributed by atoms with Gasteiger partial charge in [0.15, 0.2) is 0 Å². The van der Waals surface area contributed by atoms with E-state index in [2.05, 4.69) is 10.0 Å². The van der Waals surface area contributed by atoms with Gasteiger partial charge in [-0.05, 0) is 61.2 Å². The number of aryl methyl sites for hydroxylation is 2. The van der Waals surface area contributed by atoms with Gasteiger partial charge in [-0.25, -0.2) is 17.5 Å². The number of anilines is 1. The van der Waals surface area contributed by atoms with Gasteiger partial charge in [0, 0.05) is 18.2 Å². The van der Waals surface area contributed by atoms with E-state index in [0.717, 1.165) is 16.7 Å². The van der Waals surface area contributed by atoms with Gasteiger partial charge in [0.25, 0.3) is 0 Å². The Morgan fingerprint density at radius 3 is 2.35 bits per heavy atom. The zero-order chi connectivity index (χ0) is 22.4. The molecule has 162 valence electrons. The number of carbonyl (C=O) groups excluding carboxylic acids is 1. The van der Waals surface area contributed by atoms with E-state index < -0.39 is 15.8 Å². The lowest BCUT2D eigenvalue weighted by Gasteiger charge is -2.15. The molecule has 0 saturated heterocycles. The maximum absolute atomic E-state index is 13.4. The minimum Gasteiger partial charge on any atom is -0.326 e. The lowest BCUT2D eigenvalue weighted by atomic mass is 10.1. The van der Waals surface area contributed by atoms with Gasteiger partial charge in [-0.15, -0.1) is 0 Å². The first-order valence-electron chi connectivity index (χ1n) is 9.97. The number of sulfonamides is 1. The summed E-state index contributed by atoms with van der Waals surface area (Å²) in [6.45, 7) is 3.58. The second-order valence-electron chi connectivity index (χ2n) is 7.41. The molecule has 0 radical (unpaired) electrons. The summed E-state index contributed by atoms with van der Waals surface area (Å²) in [7, 11) is -3.67. The molecule has 3 rings (SSSR count). The van der Waals surface area contributed by atoms with Crippen molar-refractivity contribution in [1.29, 1.82) is 0 Å². The fourth-order valence-corrected chi connectivity index (χ4v) is 4.38. The molecular weight excluding hydrogens is 415 g/mol. The van der Waals surface area contributed by atoms with E-state index in [1.807, 2.05) is 30.3 Å². The normalized spacial score (nSPS) is 12.4. The Balaban J connectivity index is 1.58. The molecule has 0 aliphatic heterocycles. The summed E-state index contributed by atoms with van der Waals surface area (Å²) in [5.74, 6) is -0.642. The predicted octanol–water partition coefficient (Wildman–Crippen LogP) is 4.74. The quantitative estimate of drug-likeness (QED) is 0.531. The number of hydrogen-bond donors (Lipinski definition) is 2. The van der Waals surface area contributed by atoms with Gasteiger partial charge in [0.1, 0.15) is 5.82 Å². The Hall–Kier alpha value is -3.03. The first kappa shape index (κ1) is 22.7. The molecule has 1 unspecified atom stereocenters. The Bertz CT molecular complexity index is 1150. The Morgan fingerprint density at radius 2 is 1.68 bits per heavy atom. The van der Waals surface area contributed by atoms with Crippen molar-refractivity contribution in [3.8, 4) is 0 Å². The van der Waals surface area contributed by atoms with Crippen molar-refractivity contribution in [3.05, 3.63) is 95.3 Å². The maximum atomic E-state index is 13.4. The molecule has 1 atom stereocenters. The third-order valence-electron chi connectivity index (χ3n) is 4.98. The molecule has 0 saturated carbocycles. The molecular formula is C24H25FN2O3S. The Kier molecular flexibility index (Phi) is 7.20. The van der Waals surface area contributed by atoms with Crippen molar-refractivity contribution in [2.45, 2.75) is 37.6 Å². The van der Waals surface area contributed by atoms with Crippen molar-refractivity contribution < 1.29 is 17.6 Å². The zero-order valence-electron chi connectivity index (χ0n) is 17.4. The van der Waals surface area contributed by atoms with Gasteiger partial charge < -0.3 is 5.32 Å². The van der Waals surface area contributed by atoms with Gasteiger partial charge >= 0.3 is 0 Å². The first-order chi connectivity index (χ1) is 14.7. The molecule has 5 nitrogen and oxygen atoms in total. The molecule has 0 fully saturated rings. The van der Waals surface area contributed by atoms with Gasteiger partial charge in [0.2, 0.25) is 15.9 Å². The minimum absolute atomic E-state index is 0.166. The first-order valence-corrected chi connectivity index (χ1v) is 11.4. The van der Waals surface area contributed by atoms with Crippen LogP contribution in [0.3, 0.4) is 0 Å². The number of nitrogens with one attached hydrogen (secondary N) is 2. The molecule has 31 heavy (non-hydrogen) atoms. The molecule has 0 aromatic heterocycles. The number of benzene rings is 3. The maximum Gasteiger partial charge on any atom is 0.241 e. The summed E-state index contributed by atoms with van der Waals surface area (Å²) in [6.07, 6.45) is 0.639. The molecule has 3 aromatic carbocycles. The van der Waals surface area contributed by atoms with Crippen LogP contribution in [-0.2, 0) is 21.2 Å². The second kappa shape index (κ2) is 9.85. The topological polar surface area (TPSA) is 75.3 Å². The Morgan fingerprint density at radius 1 is 1.00 bits per heavy atom. The highest BCUT2D eigenvalue weighted by molar-refractivity contribution is 7.89. The van der Waals surface area contributed by atoms with Crippen LogP contribution in [0.2, 0.25) is 0 Å². The van der Waals surface area contributed by atoms with Crippen molar-refractivity contribution in [2.24, 2.45) is 0 Å². The monoisotopic (exact) mass is 440 g/mol. The summed E-state index contributed by atoms with van der Waals surface area (Å²) in [6, 6.07) is 19.7. The number of hydrogen-bond acceptors (Lipinski definition) is 3. The van der Waals surface area contributed by atoms with Crippen LogP contribution >= 0.6 is 0 Å². The van der Waals surface area contributed by atoms with Crippen LogP contribution < -0.4 is 10.0 Å². The van der Waals surface area contributed by atoms with E-state index in [9.17, 15) is 17.6 Å². The highest BCUT2D eigenvalue weighted by Gasteiger charge is 2.18. The Labute approximate surface area is 182 Å². The number of rotatable bonds is 8. The molecule has 0 heterocycles. The molecule has 0 aliphatic carbocycles. The SMILES string of the molecule is Cc1ccc(F)cc1NC(=O)CCc1ccc(S(=O)(=O)NC(C)c2ccccc2)cc1. The lowest BCUT2D eigenvalue weighted by Crippen LogP contribution is -2.26. The highest BCUT2D eigenvalue weighted by atomic mass is 32.2. The van der Waals surface area contributed by atoms with Crippen molar-refractivity contribution >= 4 is 21.6 Å². The average Bonchev–Trinajstić information content (AvgIpc) is 2.75. The highest BCUT2D eigenvalue weighted by Crippen LogP contribution is 2.19. The van der Waals surface area contributed by atoms with Crippen LogP contribution in [0.4, 0.5) is 10.1 Å². The fourth-order valence-electron chi connectivity index (χ4n) is 3.15. The second-order valence-corrected chi connectivity index (χ2v) is 9.12. The summed E-state index contributed by atoms with van der Waals surface area (Å²) in [5.41, 5.74) is 2.94. The van der Waals surface area contributed by atoms with E-state index >= 15 is 0 Å². The zero-order valence-corrected chi connectivity index (χ0v) is 18.2. The summed E-state index contributed by atoms with van der Waals surface area (Å²) in [5, 5.41) is 2.71. The van der Waals surface area contributed by atoms with E-state index in [1.54, 1.807) is 32.0 Å². The van der Waals surface area contributed by atoms with Crippen LogP contribution in [0.15, 0.2) is 77.7 Å². The van der Waals surface area contributed by atoms with E-state index in [4.69, 9.17) is 0 Å². The van der Waals surface area contributed by atoms with Crippen LogP contribution in [0, 0.1) is 12.7 Å². The molecule has 0 aliphatic rings. The third kappa shape index (κ3) is 6.23. The van der Waals surface area contributed by atoms with Crippen LogP contribution in [0.5, 0.6) is 0 Å². The van der Waals surface area contributed by atoms with E-state index in [0.29, 0.717) is 12.1 Å². The van der Waals surface area contributed by atoms with Crippen LogP contribution in [0.25, 0.3) is 0 Å². The molecule has 2 N–H and O–H groups in total. The largest absolute Gasteiger partial charge is 0.326 e. The van der Waals surface area contributed by atoms with E-state index in [-0.39, 0.29) is 23.3 Å². The minimum atomic E-state index is -3.67. The number of halogens is 1. The third-order valence-corrected chi connectivity index (χ3v) is 6.54. The van der Waals surface area contributed by atoms with Gasteiger partial charge in [-0.2, -0.15) is 0 Å². The molecule has 7 heteroatoms. The van der Waals surface area contributed by atoms with Crippen molar-refractivity contribution in [2.75, 3.05) is 5.32 Å². The summed E-state index contributed by atoms with van der Waals surface area (Å²) in [4.78, 5) is 12.4. The lowest BCUT2D eigenvalue weighted by molar-refractivity contribution is -0.116. The molecule has 0 spiro atoms. The van der Waals surface area contributed by atoms with Crippen LogP contribution in [0.1, 0.15) is 36.1 Å². The summed E-state index contributed by atoms with van der Waals surface area (Å²) >= 11 is 0. The van der Waals surface area contributed by atoms with Crippen LogP contribution in [-0.4, -0.2) is 14.3 Å².